The van der Waals surface area contributed by atoms with Gasteiger partial charge in [-0.2, -0.15) is 0 Å². The molecule has 0 aromatic heterocycles. The largest absolute Gasteiger partial charge is 0.392 e. The van der Waals surface area contributed by atoms with Gasteiger partial charge in [0.1, 0.15) is 0 Å². The van der Waals surface area contributed by atoms with Crippen molar-refractivity contribution in [2.75, 3.05) is 39.0 Å². The second kappa shape index (κ2) is 6.98. The summed E-state index contributed by atoms with van der Waals surface area (Å²) in [6, 6.07) is 4.82. The van der Waals surface area contributed by atoms with E-state index in [0.29, 0.717) is 43.9 Å². The third kappa shape index (κ3) is 4.53. The Kier molecular flexibility index (Phi) is 5.44. The Labute approximate surface area is 137 Å². The van der Waals surface area contributed by atoms with Crippen LogP contribution in [0.3, 0.4) is 0 Å². The van der Waals surface area contributed by atoms with Crippen LogP contribution >= 0.6 is 0 Å². The molecule has 1 saturated heterocycles. The Bertz CT molecular complexity index is 677. The van der Waals surface area contributed by atoms with Crippen molar-refractivity contribution in [1.29, 1.82) is 0 Å². The maximum atomic E-state index is 12.6. The van der Waals surface area contributed by atoms with Crippen LogP contribution in [-0.2, 0) is 9.84 Å². The van der Waals surface area contributed by atoms with Crippen molar-refractivity contribution in [2.45, 2.75) is 24.8 Å². The standard InChI is InChI=1S/C16H24N2O4S/c1-12-4-5-14(10-15(12)23(3,21)22)16(20)18-8-6-17(7-9-18)11-13(2)19/h4-5,10,13,19H,6-9,11H2,1-3H3/t13-/m0/s1. The molecule has 1 amide bonds. The minimum absolute atomic E-state index is 0.147. The SMILES string of the molecule is Cc1ccc(C(=O)N2CCN(C[C@H](C)O)CC2)cc1S(C)(=O)=O. The number of piperazine rings is 1. The number of benzene rings is 1. The molecule has 6 nitrogen and oxygen atoms in total. The molecule has 1 N–H and O–H groups in total. The van der Waals surface area contributed by atoms with Crippen LogP contribution in [0, 0.1) is 6.92 Å². The van der Waals surface area contributed by atoms with Gasteiger partial charge in [0.15, 0.2) is 9.84 Å². The fourth-order valence-electron chi connectivity index (χ4n) is 2.82. The molecule has 1 heterocycles. The van der Waals surface area contributed by atoms with Crippen LogP contribution in [0.2, 0.25) is 0 Å². The maximum Gasteiger partial charge on any atom is 0.253 e. The van der Waals surface area contributed by atoms with Gasteiger partial charge in [0.05, 0.1) is 11.0 Å². The molecule has 0 bridgehead atoms. The number of carbonyl (C=O) groups is 1. The van der Waals surface area contributed by atoms with Gasteiger partial charge >= 0.3 is 0 Å². The van der Waals surface area contributed by atoms with Crippen LogP contribution in [0.25, 0.3) is 0 Å². The number of β-amino-alcohol motifs (C(OH)–C–C–N with tert-alkyl or cyclic N) is 1. The van der Waals surface area contributed by atoms with Crippen molar-refractivity contribution in [3.63, 3.8) is 0 Å². The van der Waals surface area contributed by atoms with Crippen molar-refractivity contribution in [1.82, 2.24) is 9.80 Å². The van der Waals surface area contributed by atoms with Gasteiger partial charge in [0.2, 0.25) is 0 Å². The summed E-state index contributed by atoms with van der Waals surface area (Å²) in [4.78, 5) is 16.6. The predicted octanol–water partition coefficient (Wildman–Crippen LogP) is 0.537. The van der Waals surface area contributed by atoms with Crippen LogP contribution in [0.4, 0.5) is 0 Å². The number of aryl methyl sites for hydroxylation is 1. The van der Waals surface area contributed by atoms with Gasteiger partial charge in [-0.3, -0.25) is 9.69 Å². The van der Waals surface area contributed by atoms with Gasteiger partial charge < -0.3 is 10.0 Å². The van der Waals surface area contributed by atoms with E-state index in [4.69, 9.17) is 0 Å². The first kappa shape index (κ1) is 17.9. The predicted molar refractivity (Wildman–Crippen MR) is 88.3 cm³/mol. The van der Waals surface area contributed by atoms with Crippen LogP contribution in [0.15, 0.2) is 23.1 Å². The molecule has 1 aliphatic heterocycles. The smallest absolute Gasteiger partial charge is 0.253 e. The molecule has 1 atom stereocenters. The Hall–Kier alpha value is -1.44. The first-order valence-electron chi connectivity index (χ1n) is 7.69. The molecule has 0 aliphatic carbocycles. The van der Waals surface area contributed by atoms with Crippen LogP contribution < -0.4 is 0 Å². The molecule has 1 fully saturated rings. The summed E-state index contributed by atoms with van der Waals surface area (Å²) in [5, 5.41) is 9.41. The molecule has 0 saturated carbocycles. The highest BCUT2D eigenvalue weighted by Gasteiger charge is 2.24. The lowest BCUT2D eigenvalue weighted by Crippen LogP contribution is -2.50. The number of carbonyl (C=O) groups excluding carboxylic acids is 1. The molecule has 23 heavy (non-hydrogen) atoms. The summed E-state index contributed by atoms with van der Waals surface area (Å²) in [6.07, 6.45) is 0.768. The number of sulfone groups is 1. The average Bonchev–Trinajstić information content (AvgIpc) is 2.46. The highest BCUT2D eigenvalue weighted by Crippen LogP contribution is 2.18. The van der Waals surface area contributed by atoms with Gasteiger partial charge in [0, 0.05) is 44.5 Å². The van der Waals surface area contributed by atoms with Crippen LogP contribution in [0.5, 0.6) is 0 Å². The number of hydrogen-bond acceptors (Lipinski definition) is 5. The summed E-state index contributed by atoms with van der Waals surface area (Å²) >= 11 is 0. The van der Waals surface area contributed by atoms with Gasteiger partial charge in [-0.1, -0.05) is 6.07 Å². The molecule has 0 spiro atoms. The van der Waals surface area contributed by atoms with Gasteiger partial charge in [-0.05, 0) is 31.5 Å². The molecule has 0 unspecified atom stereocenters. The van der Waals surface area contributed by atoms with Crippen LogP contribution in [0.1, 0.15) is 22.8 Å². The van der Waals surface area contributed by atoms with Crippen molar-refractivity contribution in [3.05, 3.63) is 29.3 Å². The number of aliphatic hydroxyl groups is 1. The number of amides is 1. The lowest BCUT2D eigenvalue weighted by atomic mass is 10.1. The zero-order valence-electron chi connectivity index (χ0n) is 13.8. The normalized spacial score (nSPS) is 18.0. The highest BCUT2D eigenvalue weighted by atomic mass is 32.2. The Morgan fingerprint density at radius 1 is 1.26 bits per heavy atom. The molecule has 2 rings (SSSR count). The quantitative estimate of drug-likeness (QED) is 0.865. The van der Waals surface area contributed by atoms with Gasteiger partial charge in [-0.15, -0.1) is 0 Å². The highest BCUT2D eigenvalue weighted by molar-refractivity contribution is 7.90. The van der Waals surface area contributed by atoms with E-state index >= 15 is 0 Å². The molecule has 7 heteroatoms. The topological polar surface area (TPSA) is 77.9 Å². The zero-order chi connectivity index (χ0) is 17.2. The third-order valence-corrected chi connectivity index (χ3v) is 5.26. The van der Waals surface area contributed by atoms with Gasteiger partial charge in [0.25, 0.3) is 5.91 Å². The number of rotatable bonds is 4. The van der Waals surface area contributed by atoms with Crippen molar-refractivity contribution in [2.24, 2.45) is 0 Å². The zero-order valence-corrected chi connectivity index (χ0v) is 14.6. The molecule has 128 valence electrons. The van der Waals surface area contributed by atoms with Crippen molar-refractivity contribution >= 4 is 15.7 Å². The fourth-order valence-corrected chi connectivity index (χ4v) is 3.82. The summed E-state index contributed by atoms with van der Waals surface area (Å²) in [7, 11) is -3.35. The minimum Gasteiger partial charge on any atom is -0.392 e. The van der Waals surface area contributed by atoms with Crippen molar-refractivity contribution < 1.29 is 18.3 Å². The number of aliphatic hydroxyl groups excluding tert-OH is 1. The maximum absolute atomic E-state index is 12.6. The van der Waals surface area contributed by atoms with E-state index in [1.807, 2.05) is 0 Å². The average molecular weight is 340 g/mol. The third-order valence-electron chi connectivity index (χ3n) is 4.02. The Morgan fingerprint density at radius 3 is 2.39 bits per heavy atom. The lowest BCUT2D eigenvalue weighted by molar-refractivity contribution is 0.0554. The van der Waals surface area contributed by atoms with E-state index in [0.717, 1.165) is 6.26 Å². The Balaban J connectivity index is 2.10. The second-order valence-electron chi connectivity index (χ2n) is 6.19. The van der Waals surface area contributed by atoms with Gasteiger partial charge in [-0.25, -0.2) is 8.42 Å². The van der Waals surface area contributed by atoms with E-state index in [9.17, 15) is 18.3 Å². The monoisotopic (exact) mass is 340 g/mol. The molecular weight excluding hydrogens is 316 g/mol. The van der Waals surface area contributed by atoms with Crippen molar-refractivity contribution in [3.8, 4) is 0 Å². The van der Waals surface area contributed by atoms with E-state index in [1.165, 1.54) is 6.07 Å². The van der Waals surface area contributed by atoms with Crippen LogP contribution in [-0.4, -0.2) is 74.3 Å². The summed E-state index contributed by atoms with van der Waals surface area (Å²) in [5.41, 5.74) is 1.05. The minimum atomic E-state index is -3.35. The first-order chi connectivity index (χ1) is 10.7. The number of hydrogen-bond donors (Lipinski definition) is 1. The molecule has 1 aliphatic rings. The Morgan fingerprint density at radius 2 is 1.87 bits per heavy atom. The van der Waals surface area contributed by atoms with E-state index in [2.05, 4.69) is 4.90 Å². The lowest BCUT2D eigenvalue weighted by Gasteiger charge is -2.35. The van der Waals surface area contributed by atoms with E-state index in [-0.39, 0.29) is 16.9 Å². The van der Waals surface area contributed by atoms with E-state index in [1.54, 1.807) is 30.9 Å². The molecule has 0 radical (unpaired) electrons. The summed E-state index contributed by atoms with van der Waals surface area (Å²) in [6.45, 7) is 6.64. The fraction of sp³-hybridized carbons (Fsp3) is 0.562. The number of nitrogens with zero attached hydrogens (tertiary/aromatic N) is 2. The van der Waals surface area contributed by atoms with E-state index < -0.39 is 9.84 Å². The molecule has 1 aromatic rings. The molecule has 1 aromatic carbocycles. The molecular formula is C16H24N2O4S. The second-order valence-corrected chi connectivity index (χ2v) is 8.18. The summed E-state index contributed by atoms with van der Waals surface area (Å²) < 4.78 is 23.6. The summed E-state index contributed by atoms with van der Waals surface area (Å²) in [5.74, 6) is -0.147. The first-order valence-corrected chi connectivity index (χ1v) is 9.58.